The molecule has 0 saturated carbocycles. The molecule has 8 nitrogen and oxygen atoms in total. The number of carbonyl (C=O) groups is 3. The first-order chi connectivity index (χ1) is 13.9. The number of phenolic OH excluding ortho intramolecular Hbond substituents is 1. The van der Waals surface area contributed by atoms with Crippen LogP contribution in [0.5, 0.6) is 5.75 Å². The van der Waals surface area contributed by atoms with Crippen LogP contribution >= 0.6 is 0 Å². The van der Waals surface area contributed by atoms with Gasteiger partial charge >= 0.3 is 6.09 Å². The summed E-state index contributed by atoms with van der Waals surface area (Å²) in [5.41, 5.74) is -0.276. The lowest BCUT2D eigenvalue weighted by Crippen LogP contribution is -2.52. The molecule has 0 radical (unpaired) electrons. The lowest BCUT2D eigenvalue weighted by atomic mass is 10.0. The number of hydrogen-bond donors (Lipinski definition) is 3. The Morgan fingerprint density at radius 1 is 1.20 bits per heavy atom. The normalized spacial score (nSPS) is 13.2. The highest BCUT2D eigenvalue weighted by atomic mass is 16.6. The Morgan fingerprint density at radius 2 is 1.83 bits per heavy atom. The van der Waals surface area contributed by atoms with Crippen molar-refractivity contribution in [2.75, 3.05) is 6.54 Å². The van der Waals surface area contributed by atoms with E-state index in [9.17, 15) is 19.5 Å². The van der Waals surface area contributed by atoms with Gasteiger partial charge in [-0.1, -0.05) is 18.2 Å². The predicted molar refractivity (Wildman–Crippen MR) is 115 cm³/mol. The maximum atomic E-state index is 13.2. The number of nitrogens with zero attached hydrogens (tertiary/aromatic N) is 1. The highest BCUT2D eigenvalue weighted by molar-refractivity contribution is 5.92. The molecule has 30 heavy (non-hydrogen) atoms. The van der Waals surface area contributed by atoms with Gasteiger partial charge in [-0.05, 0) is 59.2 Å². The lowest BCUT2D eigenvalue weighted by Gasteiger charge is -2.33. The Bertz CT molecular complexity index is 770. The topological polar surface area (TPSA) is 108 Å². The van der Waals surface area contributed by atoms with E-state index in [0.717, 1.165) is 0 Å². The molecule has 1 aromatic carbocycles. The molecule has 0 bridgehead atoms. The summed E-state index contributed by atoms with van der Waals surface area (Å²) in [5, 5.41) is 15.2. The Balaban J connectivity index is 3.23. The summed E-state index contributed by atoms with van der Waals surface area (Å²) in [6.45, 7) is 14.0. The zero-order valence-electron chi connectivity index (χ0n) is 18.6. The van der Waals surface area contributed by atoms with Gasteiger partial charge in [-0.25, -0.2) is 4.79 Å². The molecule has 3 N–H and O–H groups in total. The molecule has 0 aromatic heterocycles. The number of ether oxygens (including phenoxy) is 1. The van der Waals surface area contributed by atoms with Crippen LogP contribution in [0.4, 0.5) is 4.79 Å². The molecule has 0 aliphatic carbocycles. The van der Waals surface area contributed by atoms with Crippen LogP contribution in [-0.2, 0) is 14.3 Å². The molecule has 0 fully saturated rings. The van der Waals surface area contributed by atoms with Crippen LogP contribution in [0, 0.1) is 0 Å². The fraction of sp³-hybridized carbons (Fsp3) is 0.500. The molecule has 1 rings (SSSR count). The van der Waals surface area contributed by atoms with Crippen molar-refractivity contribution in [3.05, 3.63) is 42.5 Å². The number of benzene rings is 1. The maximum Gasteiger partial charge on any atom is 0.408 e. The maximum absolute atomic E-state index is 13.2. The van der Waals surface area contributed by atoms with Gasteiger partial charge in [0.05, 0.1) is 0 Å². The van der Waals surface area contributed by atoms with E-state index in [4.69, 9.17) is 4.74 Å². The summed E-state index contributed by atoms with van der Waals surface area (Å²) in [6, 6.07) is 4.03. The molecular formula is C22H33N3O5. The minimum atomic E-state index is -1.02. The van der Waals surface area contributed by atoms with Crippen molar-refractivity contribution in [2.24, 2.45) is 0 Å². The highest BCUT2D eigenvalue weighted by Crippen LogP contribution is 2.25. The van der Waals surface area contributed by atoms with Crippen molar-refractivity contribution in [3.63, 3.8) is 0 Å². The second-order valence-electron chi connectivity index (χ2n) is 8.31. The number of carbonyl (C=O) groups excluding carboxylic acids is 3. The number of aromatic hydroxyl groups is 1. The number of phenols is 1. The monoisotopic (exact) mass is 419 g/mol. The Kier molecular flexibility index (Phi) is 8.89. The lowest BCUT2D eigenvalue weighted by molar-refractivity contribution is -0.141. The Morgan fingerprint density at radius 3 is 2.33 bits per heavy atom. The average Bonchev–Trinajstić information content (AvgIpc) is 2.58. The van der Waals surface area contributed by atoms with Crippen LogP contribution < -0.4 is 10.6 Å². The number of alkyl carbamates (subject to hydrolysis) is 1. The zero-order valence-corrected chi connectivity index (χ0v) is 18.6. The van der Waals surface area contributed by atoms with Crippen molar-refractivity contribution in [3.8, 4) is 5.75 Å². The van der Waals surface area contributed by atoms with Gasteiger partial charge in [-0.2, -0.15) is 0 Å². The first-order valence-corrected chi connectivity index (χ1v) is 9.86. The van der Waals surface area contributed by atoms with E-state index in [1.807, 2.05) is 13.8 Å². The van der Waals surface area contributed by atoms with Crippen LogP contribution in [-0.4, -0.2) is 52.1 Å². The number of nitrogens with one attached hydrogen (secondary N) is 2. The van der Waals surface area contributed by atoms with Crippen molar-refractivity contribution >= 4 is 17.9 Å². The van der Waals surface area contributed by atoms with Gasteiger partial charge in [0.25, 0.3) is 0 Å². The number of amides is 3. The quantitative estimate of drug-likeness (QED) is 0.562. The van der Waals surface area contributed by atoms with Gasteiger partial charge in [-0.3, -0.25) is 9.59 Å². The SMILES string of the molecule is C=CCN(C(=O)C(C)NC(=O)OC(C)(C)C)C(C(=O)NC(C)C)c1cccc(O)c1. The van der Waals surface area contributed by atoms with E-state index in [2.05, 4.69) is 17.2 Å². The van der Waals surface area contributed by atoms with Gasteiger partial charge in [0.2, 0.25) is 11.8 Å². The van der Waals surface area contributed by atoms with E-state index < -0.39 is 35.6 Å². The Hall–Kier alpha value is -3.03. The van der Waals surface area contributed by atoms with Crippen LogP contribution in [0.1, 0.15) is 53.1 Å². The van der Waals surface area contributed by atoms with E-state index in [-0.39, 0.29) is 18.3 Å². The standard InChI is InChI=1S/C22H33N3O5/c1-8-12-25(20(28)15(4)24-21(29)30-22(5,6)7)18(19(27)23-14(2)3)16-10-9-11-17(26)13-16/h8-11,13-15,18,26H,1,12H2,2-7H3,(H,23,27)(H,24,29). The first-order valence-electron chi connectivity index (χ1n) is 9.86. The summed E-state index contributed by atoms with van der Waals surface area (Å²) in [4.78, 5) is 39.6. The fourth-order valence-corrected chi connectivity index (χ4v) is 2.79. The van der Waals surface area contributed by atoms with Crippen LogP contribution in [0.3, 0.4) is 0 Å². The van der Waals surface area contributed by atoms with Gasteiger partial charge < -0.3 is 25.4 Å². The second kappa shape index (κ2) is 10.7. The van der Waals surface area contributed by atoms with Gasteiger partial charge in [-0.15, -0.1) is 6.58 Å². The van der Waals surface area contributed by atoms with Crippen molar-refractivity contribution in [1.82, 2.24) is 15.5 Å². The second-order valence-corrected chi connectivity index (χ2v) is 8.31. The van der Waals surface area contributed by atoms with Crippen molar-refractivity contribution in [2.45, 2.75) is 65.3 Å². The Labute approximate surface area is 178 Å². The molecular weight excluding hydrogens is 386 g/mol. The largest absolute Gasteiger partial charge is 0.508 e. The summed E-state index contributed by atoms with van der Waals surface area (Å²) in [7, 11) is 0. The third kappa shape index (κ3) is 7.77. The summed E-state index contributed by atoms with van der Waals surface area (Å²) >= 11 is 0. The molecule has 0 heterocycles. The molecule has 0 aliphatic rings. The number of hydrogen-bond acceptors (Lipinski definition) is 5. The third-order valence-corrected chi connectivity index (χ3v) is 3.89. The van der Waals surface area contributed by atoms with Crippen molar-refractivity contribution in [1.29, 1.82) is 0 Å². The minimum absolute atomic E-state index is 0.0271. The smallest absolute Gasteiger partial charge is 0.408 e. The highest BCUT2D eigenvalue weighted by Gasteiger charge is 2.34. The van der Waals surface area contributed by atoms with E-state index in [1.165, 1.54) is 30.0 Å². The third-order valence-electron chi connectivity index (χ3n) is 3.89. The predicted octanol–water partition coefficient (Wildman–Crippen LogP) is 2.89. The average molecular weight is 420 g/mol. The van der Waals surface area contributed by atoms with E-state index in [1.54, 1.807) is 32.9 Å². The summed E-state index contributed by atoms with van der Waals surface area (Å²) in [5.74, 6) is -0.927. The number of rotatable bonds is 8. The van der Waals surface area contributed by atoms with Gasteiger partial charge in [0.15, 0.2) is 0 Å². The zero-order chi connectivity index (χ0) is 23.1. The molecule has 2 atom stereocenters. The molecule has 8 heteroatoms. The van der Waals surface area contributed by atoms with Crippen LogP contribution in [0.15, 0.2) is 36.9 Å². The first kappa shape index (κ1) is 25.0. The summed E-state index contributed by atoms with van der Waals surface area (Å²) < 4.78 is 5.21. The molecule has 0 aliphatic heterocycles. The molecule has 1 aromatic rings. The molecule has 2 unspecified atom stereocenters. The minimum Gasteiger partial charge on any atom is -0.508 e. The summed E-state index contributed by atoms with van der Waals surface area (Å²) in [6.07, 6.45) is 0.763. The van der Waals surface area contributed by atoms with Gasteiger partial charge in [0, 0.05) is 12.6 Å². The molecule has 166 valence electrons. The fourth-order valence-electron chi connectivity index (χ4n) is 2.79. The van der Waals surface area contributed by atoms with Gasteiger partial charge in [0.1, 0.15) is 23.4 Å². The molecule has 0 spiro atoms. The van der Waals surface area contributed by atoms with E-state index >= 15 is 0 Å². The molecule has 0 saturated heterocycles. The van der Waals surface area contributed by atoms with E-state index in [0.29, 0.717) is 5.56 Å². The van der Waals surface area contributed by atoms with Crippen LogP contribution in [0.2, 0.25) is 0 Å². The molecule has 3 amide bonds. The van der Waals surface area contributed by atoms with Crippen LogP contribution in [0.25, 0.3) is 0 Å². The van der Waals surface area contributed by atoms with Crippen molar-refractivity contribution < 1.29 is 24.2 Å².